The lowest BCUT2D eigenvalue weighted by atomic mass is 9.95. The number of anilines is 1. The van der Waals surface area contributed by atoms with Crippen LogP contribution in [-0.2, 0) is 21.4 Å². The molecule has 0 N–H and O–H groups in total. The molecule has 0 spiro atoms. The molecule has 1 atom stereocenters. The Bertz CT molecular complexity index is 1480. The molecule has 0 unspecified atom stereocenters. The number of imidazole rings is 1. The van der Waals surface area contributed by atoms with Gasteiger partial charge >= 0.3 is 0 Å². The van der Waals surface area contributed by atoms with Gasteiger partial charge in [-0.3, -0.25) is 4.79 Å². The molecule has 1 aliphatic heterocycles. The van der Waals surface area contributed by atoms with Crippen molar-refractivity contribution < 1.29 is 17.6 Å². The third kappa shape index (κ3) is 4.96. The van der Waals surface area contributed by atoms with E-state index in [1.165, 1.54) is 32.3 Å². The van der Waals surface area contributed by atoms with E-state index in [1.807, 2.05) is 48.9 Å². The molecule has 3 aromatic rings. The molecule has 198 valence electrons. The largest absolute Gasteiger partial charge is 0.334 e. The summed E-state index contributed by atoms with van der Waals surface area (Å²) in [6.45, 7) is 1.76. The van der Waals surface area contributed by atoms with Crippen LogP contribution in [0.4, 0.5) is 10.1 Å². The highest BCUT2D eigenvalue weighted by atomic mass is 32.2. The predicted octanol–water partition coefficient (Wildman–Crippen LogP) is 4.70. The van der Waals surface area contributed by atoms with Crippen LogP contribution in [0.25, 0.3) is 0 Å². The van der Waals surface area contributed by atoms with E-state index in [2.05, 4.69) is 9.55 Å². The van der Waals surface area contributed by atoms with Crippen LogP contribution in [0, 0.1) is 24.1 Å². The van der Waals surface area contributed by atoms with E-state index >= 15 is 0 Å². The molecule has 5 rings (SSSR count). The number of carbonyl (C=O) groups excluding carboxylic acids is 1. The average Bonchev–Trinajstić information content (AvgIpc) is 3.37. The molecule has 1 aliphatic carbocycles. The minimum atomic E-state index is -4.19. The second kappa shape index (κ2) is 10.7. The van der Waals surface area contributed by atoms with E-state index in [-0.39, 0.29) is 35.0 Å². The van der Waals surface area contributed by atoms with Crippen molar-refractivity contribution in [2.45, 2.75) is 69.0 Å². The lowest BCUT2D eigenvalue weighted by molar-refractivity contribution is -0.125. The normalized spacial score (nSPS) is 18.5. The molecule has 8 nitrogen and oxygen atoms in total. The number of benzene rings is 2. The minimum Gasteiger partial charge on any atom is -0.334 e. The van der Waals surface area contributed by atoms with Gasteiger partial charge in [0.2, 0.25) is 15.9 Å². The molecule has 0 radical (unpaired) electrons. The van der Waals surface area contributed by atoms with Crippen LogP contribution in [0.1, 0.15) is 61.4 Å². The van der Waals surface area contributed by atoms with Crippen molar-refractivity contribution >= 4 is 21.6 Å². The fourth-order valence-electron chi connectivity index (χ4n) is 5.24. The first-order valence-corrected chi connectivity index (χ1v) is 14.3. The van der Waals surface area contributed by atoms with Crippen molar-refractivity contribution in [1.29, 1.82) is 5.26 Å². The molecule has 2 fully saturated rings. The maximum Gasteiger partial charge on any atom is 0.245 e. The smallest absolute Gasteiger partial charge is 0.245 e. The third-order valence-corrected chi connectivity index (χ3v) is 9.49. The summed E-state index contributed by atoms with van der Waals surface area (Å²) >= 11 is 0. The second-order valence-corrected chi connectivity index (χ2v) is 11.9. The number of halogens is 1. The Balaban J connectivity index is 1.41. The van der Waals surface area contributed by atoms with Crippen molar-refractivity contribution in [2.75, 3.05) is 11.4 Å². The van der Waals surface area contributed by atoms with Crippen LogP contribution in [0.5, 0.6) is 0 Å². The topological polar surface area (TPSA) is 99.3 Å². The van der Waals surface area contributed by atoms with Gasteiger partial charge in [0.1, 0.15) is 11.9 Å². The fourth-order valence-corrected chi connectivity index (χ4v) is 6.91. The summed E-state index contributed by atoms with van der Waals surface area (Å²) in [5, 5.41) is 9.31. The van der Waals surface area contributed by atoms with Crippen LogP contribution in [-0.4, -0.2) is 40.8 Å². The summed E-state index contributed by atoms with van der Waals surface area (Å²) in [5.41, 5.74) is 1.40. The SMILES string of the molecule is Cc1c(F)cc(S(=O)(=O)N2CC[C@@H]2C(=O)N(Cc2cn(C3CCCCC3)cn2)c2ccccc2)cc1C#N. The Morgan fingerprint density at radius 3 is 2.55 bits per heavy atom. The van der Waals surface area contributed by atoms with Gasteiger partial charge in [-0.25, -0.2) is 17.8 Å². The van der Waals surface area contributed by atoms with Crippen molar-refractivity contribution in [3.63, 3.8) is 0 Å². The first kappa shape index (κ1) is 26.1. The van der Waals surface area contributed by atoms with Gasteiger partial charge in [0.05, 0.1) is 35.1 Å². The molecule has 1 saturated heterocycles. The molecule has 1 aromatic heterocycles. The Kier molecular flexibility index (Phi) is 7.32. The Morgan fingerprint density at radius 2 is 1.89 bits per heavy atom. The number of nitrogens with zero attached hydrogens (tertiary/aromatic N) is 5. The Morgan fingerprint density at radius 1 is 1.16 bits per heavy atom. The second-order valence-electron chi connectivity index (χ2n) is 9.97. The van der Waals surface area contributed by atoms with E-state index in [0.717, 1.165) is 28.9 Å². The predicted molar refractivity (Wildman–Crippen MR) is 140 cm³/mol. The number of nitriles is 1. The van der Waals surface area contributed by atoms with Crippen LogP contribution < -0.4 is 4.90 Å². The zero-order valence-electron chi connectivity index (χ0n) is 21.3. The molecule has 10 heteroatoms. The van der Waals surface area contributed by atoms with Gasteiger partial charge in [-0.2, -0.15) is 9.57 Å². The molecular weight excluding hydrogens is 505 g/mol. The minimum absolute atomic E-state index is 0.0496. The third-order valence-electron chi connectivity index (χ3n) is 7.61. The molecule has 0 bridgehead atoms. The summed E-state index contributed by atoms with van der Waals surface area (Å²) in [7, 11) is -4.19. The van der Waals surface area contributed by atoms with Gasteiger partial charge < -0.3 is 9.47 Å². The van der Waals surface area contributed by atoms with Crippen molar-refractivity contribution in [3.05, 3.63) is 77.6 Å². The van der Waals surface area contributed by atoms with Crippen LogP contribution in [0.15, 0.2) is 59.9 Å². The zero-order chi connectivity index (χ0) is 26.9. The Labute approximate surface area is 222 Å². The maximum atomic E-state index is 14.4. The van der Waals surface area contributed by atoms with Crippen molar-refractivity contribution in [3.8, 4) is 6.07 Å². The first-order chi connectivity index (χ1) is 18.3. The highest BCUT2D eigenvalue weighted by Crippen LogP contribution is 2.32. The van der Waals surface area contributed by atoms with Gasteiger partial charge in [0, 0.05) is 30.0 Å². The highest BCUT2D eigenvalue weighted by Gasteiger charge is 2.45. The van der Waals surface area contributed by atoms with Crippen LogP contribution in [0.2, 0.25) is 0 Å². The first-order valence-electron chi connectivity index (χ1n) is 12.9. The monoisotopic (exact) mass is 535 g/mol. The number of amides is 1. The Hall–Kier alpha value is -3.55. The highest BCUT2D eigenvalue weighted by molar-refractivity contribution is 7.89. The molecule has 2 aliphatic rings. The van der Waals surface area contributed by atoms with Gasteiger partial charge in [-0.15, -0.1) is 0 Å². The lowest BCUT2D eigenvalue weighted by Gasteiger charge is -2.41. The van der Waals surface area contributed by atoms with E-state index in [0.29, 0.717) is 18.2 Å². The maximum absolute atomic E-state index is 14.4. The van der Waals surface area contributed by atoms with Crippen LogP contribution >= 0.6 is 0 Å². The average molecular weight is 536 g/mol. The quantitative estimate of drug-likeness (QED) is 0.437. The van der Waals surface area contributed by atoms with Gasteiger partial charge in [0.25, 0.3) is 0 Å². The number of aromatic nitrogens is 2. The molecule has 38 heavy (non-hydrogen) atoms. The van der Waals surface area contributed by atoms with Gasteiger partial charge in [0.15, 0.2) is 0 Å². The van der Waals surface area contributed by atoms with E-state index in [4.69, 9.17) is 0 Å². The number of hydrogen-bond acceptors (Lipinski definition) is 5. The number of carbonyl (C=O) groups is 1. The number of para-hydroxylation sites is 1. The number of sulfonamides is 1. The number of rotatable bonds is 7. The summed E-state index contributed by atoms with van der Waals surface area (Å²) in [4.78, 5) is 19.6. The standard InChI is InChI=1S/C28H30FN5O3S/c1-20-21(16-30)14-25(15-26(20)29)38(36,37)34-13-12-27(34)28(35)33(24-10-6-3-7-11-24)18-22-17-32(19-31-22)23-8-4-2-5-9-23/h3,6-7,10-11,14-15,17,19,23,27H,2,4-5,8-9,12-13,18H2,1H3/t27-/m1/s1. The number of hydrogen-bond donors (Lipinski definition) is 0. The van der Waals surface area contributed by atoms with Crippen LogP contribution in [0.3, 0.4) is 0 Å². The molecule has 1 saturated carbocycles. The lowest BCUT2D eigenvalue weighted by Crippen LogP contribution is -2.59. The van der Waals surface area contributed by atoms with Crippen molar-refractivity contribution in [2.24, 2.45) is 0 Å². The molecule has 1 amide bonds. The molecule has 2 aromatic carbocycles. The zero-order valence-corrected chi connectivity index (χ0v) is 22.1. The summed E-state index contributed by atoms with van der Waals surface area (Å²) in [5.74, 6) is -1.14. The van der Waals surface area contributed by atoms with Crippen molar-refractivity contribution in [1.82, 2.24) is 13.9 Å². The summed E-state index contributed by atoms with van der Waals surface area (Å²) in [6.07, 6.45) is 10.0. The summed E-state index contributed by atoms with van der Waals surface area (Å²) in [6, 6.07) is 12.5. The fraction of sp³-hybridized carbons (Fsp3) is 0.393. The van der Waals surface area contributed by atoms with E-state index in [9.17, 15) is 22.9 Å². The van der Waals surface area contributed by atoms with E-state index in [1.54, 1.807) is 4.90 Å². The molecular formula is C28H30FN5O3S. The summed E-state index contributed by atoms with van der Waals surface area (Å²) < 4.78 is 44.5. The van der Waals surface area contributed by atoms with Gasteiger partial charge in [-0.1, -0.05) is 37.5 Å². The van der Waals surface area contributed by atoms with Gasteiger partial charge in [-0.05, 0) is 50.5 Å². The molecule has 2 heterocycles. The van der Waals surface area contributed by atoms with E-state index < -0.39 is 21.9 Å².